The molecule has 0 aliphatic rings. The van der Waals surface area contributed by atoms with E-state index in [-0.39, 0.29) is 5.78 Å². The third-order valence-corrected chi connectivity index (χ3v) is 4.56. The van der Waals surface area contributed by atoms with Crippen molar-refractivity contribution in [3.63, 3.8) is 0 Å². The molecule has 0 radical (unpaired) electrons. The van der Waals surface area contributed by atoms with E-state index < -0.39 is 0 Å². The normalized spacial score (nSPS) is 10.9. The number of rotatable bonds is 6. The first-order valence-corrected chi connectivity index (χ1v) is 8.59. The van der Waals surface area contributed by atoms with Crippen LogP contribution < -0.4 is 9.47 Å². The van der Waals surface area contributed by atoms with Gasteiger partial charge < -0.3 is 13.9 Å². The van der Waals surface area contributed by atoms with Gasteiger partial charge in [0.05, 0.1) is 37.6 Å². The number of aromatic nitrogens is 3. The number of carbonyl (C=O) groups is 1. The summed E-state index contributed by atoms with van der Waals surface area (Å²) in [6.45, 7) is 7.55. The molecule has 3 aromatic rings. The molecule has 2 aromatic heterocycles. The van der Waals surface area contributed by atoms with Crippen LogP contribution in [-0.2, 0) is 6.54 Å². The van der Waals surface area contributed by atoms with Crippen LogP contribution >= 0.6 is 0 Å². The van der Waals surface area contributed by atoms with Gasteiger partial charge in [-0.2, -0.15) is 5.10 Å². The van der Waals surface area contributed by atoms with E-state index in [0.717, 1.165) is 17.1 Å². The Morgan fingerprint density at radius 1 is 1.19 bits per heavy atom. The number of benzene rings is 1. The van der Waals surface area contributed by atoms with E-state index >= 15 is 0 Å². The van der Waals surface area contributed by atoms with Crippen molar-refractivity contribution in [1.82, 2.24) is 14.8 Å². The molecule has 0 aliphatic heterocycles. The predicted molar refractivity (Wildman–Crippen MR) is 101 cm³/mol. The average Bonchev–Trinajstić information content (AvgIpc) is 3.14. The van der Waals surface area contributed by atoms with Gasteiger partial charge in [-0.05, 0) is 45.9 Å². The van der Waals surface area contributed by atoms with Crippen molar-refractivity contribution in [2.75, 3.05) is 14.2 Å². The van der Waals surface area contributed by atoms with Crippen molar-refractivity contribution in [3.8, 4) is 23.0 Å². The molecule has 0 aliphatic carbocycles. The highest BCUT2D eigenvalue weighted by Gasteiger charge is 2.20. The highest BCUT2D eigenvalue weighted by molar-refractivity contribution is 5.96. The van der Waals surface area contributed by atoms with Gasteiger partial charge in [-0.1, -0.05) is 0 Å². The Labute approximate surface area is 157 Å². The van der Waals surface area contributed by atoms with Crippen molar-refractivity contribution in [2.45, 2.75) is 34.2 Å². The van der Waals surface area contributed by atoms with Gasteiger partial charge in [0.1, 0.15) is 23.0 Å². The van der Waals surface area contributed by atoms with Crippen LogP contribution in [0.2, 0.25) is 0 Å². The van der Waals surface area contributed by atoms with Crippen LogP contribution in [-0.4, -0.2) is 34.8 Å². The summed E-state index contributed by atoms with van der Waals surface area (Å²) in [5.74, 6) is 2.48. The van der Waals surface area contributed by atoms with Crippen LogP contribution in [0.5, 0.6) is 11.5 Å². The van der Waals surface area contributed by atoms with Crippen molar-refractivity contribution in [3.05, 3.63) is 46.6 Å². The molecule has 0 bridgehead atoms. The summed E-state index contributed by atoms with van der Waals surface area (Å²) in [5, 5.41) is 4.48. The van der Waals surface area contributed by atoms with Crippen molar-refractivity contribution >= 4 is 5.78 Å². The molecule has 0 amide bonds. The zero-order chi connectivity index (χ0) is 19.7. The van der Waals surface area contributed by atoms with Gasteiger partial charge in [0.25, 0.3) is 0 Å². The van der Waals surface area contributed by atoms with Crippen molar-refractivity contribution in [2.24, 2.45) is 0 Å². The van der Waals surface area contributed by atoms with Crippen molar-refractivity contribution < 1.29 is 18.7 Å². The van der Waals surface area contributed by atoms with E-state index in [9.17, 15) is 4.79 Å². The minimum absolute atomic E-state index is 0.00920. The van der Waals surface area contributed by atoms with Crippen molar-refractivity contribution in [1.29, 1.82) is 0 Å². The minimum Gasteiger partial charge on any atom is -0.497 e. The first kappa shape index (κ1) is 18.7. The van der Waals surface area contributed by atoms with Gasteiger partial charge in [-0.15, -0.1) is 0 Å². The molecule has 142 valence electrons. The lowest BCUT2D eigenvalue weighted by atomic mass is 10.1. The van der Waals surface area contributed by atoms with E-state index in [1.165, 1.54) is 0 Å². The van der Waals surface area contributed by atoms with Crippen LogP contribution in [0.15, 0.2) is 22.6 Å². The number of Topliss-reactive ketones (excluding diaryl/α,β-unsaturated/α-hetero) is 1. The van der Waals surface area contributed by atoms with E-state index in [1.54, 1.807) is 25.8 Å². The van der Waals surface area contributed by atoms with Crippen LogP contribution in [0.25, 0.3) is 11.5 Å². The third kappa shape index (κ3) is 3.45. The Morgan fingerprint density at radius 2 is 1.93 bits per heavy atom. The number of methoxy groups -OCH3 is 2. The summed E-state index contributed by atoms with van der Waals surface area (Å²) in [7, 11) is 3.20. The number of ketones is 1. The lowest BCUT2D eigenvalue weighted by Gasteiger charge is -2.07. The summed E-state index contributed by atoms with van der Waals surface area (Å²) in [6, 6.07) is 5.46. The molecular formula is C20H23N3O4. The maximum atomic E-state index is 11.8. The van der Waals surface area contributed by atoms with Gasteiger partial charge in [-0.25, -0.2) is 4.98 Å². The Bertz CT molecular complexity index is 1000. The van der Waals surface area contributed by atoms with Crippen LogP contribution in [0, 0.1) is 20.8 Å². The van der Waals surface area contributed by atoms with E-state index in [0.29, 0.717) is 40.8 Å². The largest absolute Gasteiger partial charge is 0.497 e. The topological polar surface area (TPSA) is 79.4 Å². The molecule has 0 atom stereocenters. The molecule has 3 rings (SSSR count). The molecule has 7 heteroatoms. The number of hydrogen-bond acceptors (Lipinski definition) is 6. The lowest BCUT2D eigenvalue weighted by molar-refractivity contribution is 0.101. The number of hydrogen-bond donors (Lipinski definition) is 0. The number of ether oxygens (including phenoxy) is 2. The predicted octanol–water partition coefficient (Wildman–Crippen LogP) is 3.73. The van der Waals surface area contributed by atoms with Crippen LogP contribution in [0.1, 0.15) is 40.1 Å². The Morgan fingerprint density at radius 3 is 2.52 bits per heavy atom. The summed E-state index contributed by atoms with van der Waals surface area (Å²) >= 11 is 0. The molecule has 0 saturated carbocycles. The molecule has 0 N–H and O–H groups in total. The van der Waals surface area contributed by atoms with E-state index in [1.807, 2.05) is 39.0 Å². The molecule has 2 heterocycles. The first-order chi connectivity index (χ1) is 12.8. The summed E-state index contributed by atoms with van der Waals surface area (Å²) in [4.78, 5) is 16.5. The fourth-order valence-electron chi connectivity index (χ4n) is 3.17. The van der Waals surface area contributed by atoms with Crippen LogP contribution in [0.3, 0.4) is 0 Å². The molecular weight excluding hydrogens is 346 g/mol. The lowest BCUT2D eigenvalue weighted by Crippen LogP contribution is -2.06. The second-order valence-corrected chi connectivity index (χ2v) is 6.35. The zero-order valence-corrected chi connectivity index (χ0v) is 16.4. The van der Waals surface area contributed by atoms with Gasteiger partial charge in [0.2, 0.25) is 5.89 Å². The Hall–Kier alpha value is -3.09. The number of nitrogens with zero attached hydrogens (tertiary/aromatic N) is 3. The molecule has 0 unspecified atom stereocenters. The third-order valence-electron chi connectivity index (χ3n) is 4.56. The fraction of sp³-hybridized carbons (Fsp3) is 0.350. The smallest absolute Gasteiger partial charge is 0.230 e. The maximum Gasteiger partial charge on any atom is 0.230 e. The summed E-state index contributed by atoms with van der Waals surface area (Å²) < 4.78 is 18.4. The minimum atomic E-state index is 0.00920. The Balaban J connectivity index is 1.99. The molecule has 0 saturated heterocycles. The molecule has 27 heavy (non-hydrogen) atoms. The summed E-state index contributed by atoms with van der Waals surface area (Å²) in [5.41, 5.74) is 3.66. The van der Waals surface area contributed by atoms with Gasteiger partial charge in [0, 0.05) is 5.69 Å². The maximum absolute atomic E-state index is 11.8. The standard InChI is InChI=1S/C20H23N3O4/c1-11-19(13(3)24)12(2)23(22-11)10-17-14(4)27-20(21-17)16-9-15(25-5)7-8-18(16)26-6/h7-9H,10H2,1-6H3. The van der Waals surface area contributed by atoms with Crippen LogP contribution in [0.4, 0.5) is 0 Å². The summed E-state index contributed by atoms with van der Waals surface area (Å²) in [6.07, 6.45) is 0. The second kappa shape index (κ2) is 7.26. The molecule has 0 spiro atoms. The quantitative estimate of drug-likeness (QED) is 0.616. The highest BCUT2D eigenvalue weighted by atomic mass is 16.5. The first-order valence-electron chi connectivity index (χ1n) is 8.59. The Kier molecular flexibility index (Phi) is 5.03. The highest BCUT2D eigenvalue weighted by Crippen LogP contribution is 2.34. The van der Waals surface area contributed by atoms with Gasteiger partial charge >= 0.3 is 0 Å². The SMILES string of the molecule is COc1ccc(OC)c(-c2nc(Cn3nc(C)c(C(C)=O)c3C)c(C)o2)c1. The number of carbonyl (C=O) groups excluding carboxylic acids is 1. The fourth-order valence-corrected chi connectivity index (χ4v) is 3.17. The van der Waals surface area contributed by atoms with Gasteiger partial charge in [-0.3, -0.25) is 9.48 Å². The molecule has 0 fully saturated rings. The second-order valence-electron chi connectivity index (χ2n) is 6.35. The van der Waals surface area contributed by atoms with E-state index in [4.69, 9.17) is 13.9 Å². The van der Waals surface area contributed by atoms with Gasteiger partial charge in [0.15, 0.2) is 5.78 Å². The van der Waals surface area contributed by atoms with E-state index in [2.05, 4.69) is 10.1 Å². The average molecular weight is 369 g/mol. The zero-order valence-electron chi connectivity index (χ0n) is 16.4. The number of aryl methyl sites for hydroxylation is 2. The molecule has 1 aromatic carbocycles. The monoisotopic (exact) mass is 369 g/mol. The number of oxazole rings is 1. The molecule has 7 nitrogen and oxygen atoms in total.